The second kappa shape index (κ2) is 8.53. The Morgan fingerprint density at radius 2 is 2.04 bits per heavy atom. The van der Waals surface area contributed by atoms with Crippen LogP contribution >= 0.6 is 11.8 Å². The number of amides is 1. The van der Waals surface area contributed by atoms with Crippen molar-refractivity contribution >= 4 is 23.6 Å². The van der Waals surface area contributed by atoms with E-state index in [9.17, 15) is 14.0 Å². The lowest BCUT2D eigenvalue weighted by atomic mass is 9.95. The third-order valence-corrected chi connectivity index (χ3v) is 3.96. The first-order valence-corrected chi connectivity index (χ1v) is 8.33. The van der Waals surface area contributed by atoms with Gasteiger partial charge in [0.05, 0.1) is 7.11 Å². The van der Waals surface area contributed by atoms with E-state index in [0.29, 0.717) is 5.75 Å². The minimum atomic E-state index is -2.86. The Labute approximate surface area is 139 Å². The van der Waals surface area contributed by atoms with E-state index in [1.54, 1.807) is 12.1 Å². The van der Waals surface area contributed by atoms with Gasteiger partial charge in [0.25, 0.3) is 11.6 Å². The molecular formula is C16H19FN2O3S. The lowest BCUT2D eigenvalue weighted by molar-refractivity contribution is -0.146. The first-order valence-electron chi connectivity index (χ1n) is 6.94. The Morgan fingerprint density at radius 1 is 1.43 bits per heavy atom. The number of hydrogen-bond acceptors (Lipinski definition) is 5. The summed E-state index contributed by atoms with van der Waals surface area (Å²) in [4.78, 5) is 24.0. The van der Waals surface area contributed by atoms with Crippen molar-refractivity contribution in [2.24, 2.45) is 0 Å². The number of benzene rings is 1. The summed E-state index contributed by atoms with van der Waals surface area (Å²) >= 11 is 1.48. The summed E-state index contributed by atoms with van der Waals surface area (Å²) in [5, 5.41) is 11.4. The van der Waals surface area contributed by atoms with Crippen LogP contribution in [0.3, 0.4) is 0 Å². The number of methoxy groups -OCH3 is 1. The largest absolute Gasteiger partial charge is 0.467 e. The predicted octanol–water partition coefficient (Wildman–Crippen LogP) is 2.09. The van der Waals surface area contributed by atoms with Gasteiger partial charge in [-0.05, 0) is 25.4 Å². The fraction of sp³-hybridized carbons (Fsp3) is 0.438. The quantitative estimate of drug-likeness (QED) is 0.770. The van der Waals surface area contributed by atoms with Gasteiger partial charge < -0.3 is 10.1 Å². The average Bonchev–Trinajstić information content (AvgIpc) is 2.57. The summed E-state index contributed by atoms with van der Waals surface area (Å²) < 4.78 is 19.5. The van der Waals surface area contributed by atoms with Crippen LogP contribution in [0.5, 0.6) is 0 Å². The fourth-order valence-electron chi connectivity index (χ4n) is 1.91. The van der Waals surface area contributed by atoms with Gasteiger partial charge in [0.15, 0.2) is 0 Å². The number of ether oxygens (including phenoxy) is 1. The highest BCUT2D eigenvalue weighted by Gasteiger charge is 2.42. The smallest absolute Gasteiger partial charge is 0.328 e. The van der Waals surface area contributed by atoms with E-state index in [-0.39, 0.29) is 12.0 Å². The normalized spacial score (nSPS) is 14.2. The van der Waals surface area contributed by atoms with E-state index in [2.05, 4.69) is 10.1 Å². The summed E-state index contributed by atoms with van der Waals surface area (Å²) in [6.45, 7) is 1.81. The second-order valence-electron chi connectivity index (χ2n) is 4.97. The third-order valence-electron chi connectivity index (χ3n) is 3.32. The molecule has 0 bridgehead atoms. The maximum atomic E-state index is 14.9. The number of nitrogens with zero attached hydrogens (tertiary/aromatic N) is 1. The minimum Gasteiger partial charge on any atom is -0.467 e. The molecule has 1 amide bonds. The molecule has 0 radical (unpaired) electrons. The van der Waals surface area contributed by atoms with E-state index in [0.717, 1.165) is 5.56 Å². The molecule has 0 aliphatic rings. The van der Waals surface area contributed by atoms with Gasteiger partial charge in [0, 0.05) is 5.56 Å². The molecule has 1 N–H and O–H groups in total. The molecule has 0 saturated heterocycles. The summed E-state index contributed by atoms with van der Waals surface area (Å²) in [6.07, 6.45) is 2.13. The van der Waals surface area contributed by atoms with Gasteiger partial charge >= 0.3 is 5.97 Å². The molecule has 0 fully saturated rings. The van der Waals surface area contributed by atoms with Crippen LogP contribution in [0.15, 0.2) is 24.3 Å². The van der Waals surface area contributed by atoms with Crippen molar-refractivity contribution in [1.29, 1.82) is 5.26 Å². The molecule has 2 atom stereocenters. The van der Waals surface area contributed by atoms with Crippen molar-refractivity contribution in [2.45, 2.75) is 25.1 Å². The van der Waals surface area contributed by atoms with Crippen LogP contribution in [-0.4, -0.2) is 37.0 Å². The fourth-order valence-corrected chi connectivity index (χ4v) is 2.39. The number of carbonyl (C=O) groups is 2. The molecule has 5 nitrogen and oxygen atoms in total. The van der Waals surface area contributed by atoms with Gasteiger partial charge in [-0.15, -0.1) is 0 Å². The van der Waals surface area contributed by atoms with Crippen LogP contribution in [0.1, 0.15) is 17.5 Å². The summed E-state index contributed by atoms with van der Waals surface area (Å²) in [5.41, 5.74) is -2.06. The molecule has 0 aliphatic heterocycles. The number of nitriles is 1. The van der Waals surface area contributed by atoms with E-state index >= 15 is 0 Å². The Kier molecular flexibility index (Phi) is 7.04. The molecule has 23 heavy (non-hydrogen) atoms. The molecule has 0 aliphatic carbocycles. The van der Waals surface area contributed by atoms with Crippen molar-refractivity contribution in [2.75, 3.05) is 19.1 Å². The number of alkyl halides is 1. The summed E-state index contributed by atoms with van der Waals surface area (Å²) in [6, 6.07) is 6.39. The average molecular weight is 338 g/mol. The number of rotatable bonds is 7. The van der Waals surface area contributed by atoms with Crippen molar-refractivity contribution in [3.05, 3.63) is 35.4 Å². The number of carbonyl (C=O) groups excluding carboxylic acids is 2. The highest BCUT2D eigenvalue weighted by Crippen LogP contribution is 2.26. The van der Waals surface area contributed by atoms with Crippen LogP contribution in [0.25, 0.3) is 0 Å². The highest BCUT2D eigenvalue weighted by atomic mass is 32.2. The molecule has 124 valence electrons. The summed E-state index contributed by atoms with van der Waals surface area (Å²) in [5.74, 6) is -1.26. The van der Waals surface area contributed by atoms with Crippen LogP contribution in [-0.2, 0) is 20.0 Å². The molecule has 0 aromatic heterocycles. The first-order chi connectivity index (χ1) is 10.9. The van der Waals surface area contributed by atoms with Crippen molar-refractivity contribution in [3.63, 3.8) is 0 Å². The molecule has 0 heterocycles. The van der Waals surface area contributed by atoms with Gasteiger partial charge in [-0.1, -0.05) is 29.8 Å². The number of hydrogen-bond donors (Lipinski definition) is 1. The number of esters is 1. The maximum absolute atomic E-state index is 14.9. The number of aryl methyl sites for hydroxylation is 1. The van der Waals surface area contributed by atoms with Crippen LogP contribution in [0, 0.1) is 18.3 Å². The van der Waals surface area contributed by atoms with Crippen molar-refractivity contribution < 1.29 is 18.7 Å². The number of halogens is 1. The number of nitrogens with one attached hydrogen (secondary N) is 1. The SMILES string of the molecule is COC(=O)[C@H](CCSC)NC(=O)[C@@](F)(C#N)c1ccc(C)cc1. The Morgan fingerprint density at radius 3 is 2.52 bits per heavy atom. The second-order valence-corrected chi connectivity index (χ2v) is 5.95. The topological polar surface area (TPSA) is 79.2 Å². The molecule has 1 aromatic carbocycles. The van der Waals surface area contributed by atoms with Gasteiger partial charge in [-0.2, -0.15) is 17.0 Å². The maximum Gasteiger partial charge on any atom is 0.328 e. The lowest BCUT2D eigenvalue weighted by Gasteiger charge is -2.22. The standard InChI is InChI=1S/C16H19FN2O3S/c1-11-4-6-12(7-5-11)16(17,10-18)15(21)19-13(8-9-23-3)14(20)22-2/h4-7,13H,8-9H2,1-3H3,(H,19,21)/t13-,16+/m0/s1. The Bertz CT molecular complexity index is 600. The Hall–Kier alpha value is -2.07. The van der Waals surface area contributed by atoms with E-state index in [1.807, 2.05) is 13.2 Å². The van der Waals surface area contributed by atoms with Crippen molar-refractivity contribution in [3.8, 4) is 6.07 Å². The van der Waals surface area contributed by atoms with E-state index in [1.165, 1.54) is 37.1 Å². The van der Waals surface area contributed by atoms with Crippen LogP contribution < -0.4 is 5.32 Å². The van der Waals surface area contributed by atoms with Crippen LogP contribution in [0.4, 0.5) is 4.39 Å². The zero-order valence-electron chi connectivity index (χ0n) is 13.3. The lowest BCUT2D eigenvalue weighted by Crippen LogP contribution is -2.49. The molecule has 0 saturated carbocycles. The third kappa shape index (κ3) is 4.70. The molecular weight excluding hydrogens is 319 g/mol. The first kappa shape index (κ1) is 19.0. The van der Waals surface area contributed by atoms with Gasteiger partial charge in [0.1, 0.15) is 12.1 Å². The van der Waals surface area contributed by atoms with Gasteiger partial charge in [0.2, 0.25) is 0 Å². The molecule has 0 spiro atoms. The Balaban J connectivity index is 3.00. The zero-order valence-corrected chi connectivity index (χ0v) is 14.1. The predicted molar refractivity (Wildman–Crippen MR) is 86.5 cm³/mol. The van der Waals surface area contributed by atoms with Crippen molar-refractivity contribution in [1.82, 2.24) is 5.32 Å². The molecule has 0 unspecified atom stereocenters. The van der Waals surface area contributed by atoms with Gasteiger partial charge in [-0.3, -0.25) is 4.79 Å². The zero-order chi connectivity index (χ0) is 17.5. The monoisotopic (exact) mass is 338 g/mol. The number of thioether (sulfide) groups is 1. The van der Waals surface area contributed by atoms with Crippen LogP contribution in [0.2, 0.25) is 0 Å². The van der Waals surface area contributed by atoms with E-state index < -0.39 is 23.6 Å². The molecule has 7 heteroatoms. The highest BCUT2D eigenvalue weighted by molar-refractivity contribution is 7.98. The minimum absolute atomic E-state index is 0.0726. The van der Waals surface area contributed by atoms with E-state index in [4.69, 9.17) is 5.26 Å². The summed E-state index contributed by atoms with van der Waals surface area (Å²) in [7, 11) is 1.19. The molecule has 1 aromatic rings. The molecule has 1 rings (SSSR count). The van der Waals surface area contributed by atoms with Gasteiger partial charge in [-0.25, -0.2) is 9.18 Å².